The van der Waals surface area contributed by atoms with Crippen molar-refractivity contribution in [3.63, 3.8) is 0 Å². The summed E-state index contributed by atoms with van der Waals surface area (Å²) in [7, 11) is -2.45. The van der Waals surface area contributed by atoms with E-state index < -0.39 is 15.7 Å². The number of hydrogen-bond acceptors (Lipinski definition) is 6. The molecule has 5 aromatic rings. The zero-order valence-electron chi connectivity index (χ0n) is 20.6. The van der Waals surface area contributed by atoms with Gasteiger partial charge in [-0.1, -0.05) is 41.9 Å². The Morgan fingerprint density at radius 2 is 1.74 bits per heavy atom. The lowest BCUT2D eigenvalue weighted by Crippen LogP contribution is -2.20. The molecule has 10 heteroatoms. The predicted octanol–water partition coefficient (Wildman–Crippen LogP) is 5.54. The van der Waals surface area contributed by atoms with E-state index in [1.807, 2.05) is 43.3 Å². The maximum atomic E-state index is 13.2. The number of fused-ring (bicyclic) bond motifs is 1. The Morgan fingerprint density at radius 1 is 1.00 bits per heavy atom. The number of nitrogens with one attached hydrogen (secondary N) is 1. The number of rotatable bonds is 7. The van der Waals surface area contributed by atoms with Crippen LogP contribution in [0.3, 0.4) is 0 Å². The average molecular weight is 547 g/mol. The maximum Gasteiger partial charge on any atom is 0.246 e. The molecule has 3 aromatic carbocycles. The highest BCUT2D eigenvalue weighted by atomic mass is 35.5. The highest BCUT2D eigenvalue weighted by molar-refractivity contribution is 7.91. The van der Waals surface area contributed by atoms with E-state index in [4.69, 9.17) is 16.3 Å². The molecule has 0 atom stereocenters. The first kappa shape index (κ1) is 25.4. The number of sulfone groups is 1. The molecular weight excluding hydrogens is 524 g/mol. The Balaban J connectivity index is 1.44. The van der Waals surface area contributed by atoms with E-state index in [1.165, 1.54) is 48.2 Å². The number of halogens is 1. The third-order valence-electron chi connectivity index (χ3n) is 6.02. The van der Waals surface area contributed by atoms with Crippen LogP contribution in [0, 0.1) is 6.92 Å². The van der Waals surface area contributed by atoms with E-state index in [2.05, 4.69) is 15.4 Å². The third kappa shape index (κ3) is 4.98. The minimum Gasteiger partial charge on any atom is -0.497 e. The minimum absolute atomic E-state index is 0.0241. The summed E-state index contributed by atoms with van der Waals surface area (Å²) in [5.74, 6) is -0.116. The van der Waals surface area contributed by atoms with Gasteiger partial charge < -0.3 is 10.1 Å². The number of carbonyl (C=O) groups is 1. The van der Waals surface area contributed by atoms with Crippen molar-refractivity contribution >= 4 is 44.1 Å². The zero-order chi connectivity index (χ0) is 26.9. The summed E-state index contributed by atoms with van der Waals surface area (Å²) >= 11 is 5.91. The normalized spacial score (nSPS) is 11.4. The fourth-order valence-corrected chi connectivity index (χ4v) is 5.70. The minimum atomic E-state index is -3.88. The third-order valence-corrected chi connectivity index (χ3v) is 8.02. The molecule has 0 unspecified atom stereocenters. The molecule has 0 bridgehead atoms. The quantitative estimate of drug-likeness (QED) is 0.287. The summed E-state index contributed by atoms with van der Waals surface area (Å²) in [5.41, 5.74) is 3.60. The molecule has 1 N–H and O–H groups in total. The standard InChI is InChI=1S/C28H23ClN4O4S/c1-18-27-25(19-6-4-3-5-7-19)12-13-30-28(27)33(32-18)17-26(34)31-21-14-22(37-2)16-24(15-21)38(35,36)23-10-8-20(29)9-11-23/h3-16H,17H2,1-2H3,(H,31,34). The predicted molar refractivity (Wildman–Crippen MR) is 146 cm³/mol. The van der Waals surface area contributed by atoms with Gasteiger partial charge in [-0.15, -0.1) is 0 Å². The van der Waals surface area contributed by atoms with Gasteiger partial charge in [0.1, 0.15) is 12.3 Å². The number of methoxy groups -OCH3 is 1. The highest BCUT2D eigenvalue weighted by Gasteiger charge is 2.21. The molecule has 0 fully saturated rings. The second-order valence-electron chi connectivity index (χ2n) is 8.57. The molecule has 192 valence electrons. The Kier molecular flexibility index (Phi) is 6.88. The number of nitrogens with zero attached hydrogens (tertiary/aromatic N) is 3. The molecule has 0 spiro atoms. The first-order chi connectivity index (χ1) is 18.3. The molecule has 2 aromatic heterocycles. The summed E-state index contributed by atoms with van der Waals surface area (Å²) < 4.78 is 33.3. The lowest BCUT2D eigenvalue weighted by molar-refractivity contribution is -0.116. The molecule has 38 heavy (non-hydrogen) atoms. The van der Waals surface area contributed by atoms with Crippen LogP contribution < -0.4 is 10.1 Å². The fraction of sp³-hybridized carbons (Fsp3) is 0.107. The SMILES string of the molecule is COc1cc(NC(=O)Cn2nc(C)c3c(-c4ccccc4)ccnc32)cc(S(=O)(=O)c2ccc(Cl)cc2)c1. The summed E-state index contributed by atoms with van der Waals surface area (Å²) in [6, 6.07) is 22.0. The summed E-state index contributed by atoms with van der Waals surface area (Å²) in [6.07, 6.45) is 1.69. The van der Waals surface area contributed by atoms with Crippen molar-refractivity contribution in [2.75, 3.05) is 12.4 Å². The van der Waals surface area contributed by atoms with Gasteiger partial charge >= 0.3 is 0 Å². The van der Waals surface area contributed by atoms with Crippen molar-refractivity contribution < 1.29 is 17.9 Å². The van der Waals surface area contributed by atoms with Crippen LogP contribution in [0.1, 0.15) is 5.69 Å². The van der Waals surface area contributed by atoms with Crippen LogP contribution in [0.2, 0.25) is 5.02 Å². The van der Waals surface area contributed by atoms with Crippen LogP contribution in [-0.2, 0) is 21.2 Å². The van der Waals surface area contributed by atoms with Crippen molar-refractivity contribution in [1.82, 2.24) is 14.8 Å². The van der Waals surface area contributed by atoms with Crippen molar-refractivity contribution in [2.45, 2.75) is 23.3 Å². The van der Waals surface area contributed by atoms with Crippen molar-refractivity contribution in [2.24, 2.45) is 0 Å². The van der Waals surface area contributed by atoms with Gasteiger partial charge in [-0.25, -0.2) is 18.1 Å². The van der Waals surface area contributed by atoms with Gasteiger partial charge in [0.2, 0.25) is 15.7 Å². The Bertz CT molecular complexity index is 1750. The lowest BCUT2D eigenvalue weighted by atomic mass is 10.0. The Hall–Kier alpha value is -4.21. The molecule has 0 aliphatic heterocycles. The zero-order valence-corrected chi connectivity index (χ0v) is 22.1. The molecule has 1 amide bonds. The van der Waals surface area contributed by atoms with Gasteiger partial charge in [0.05, 0.1) is 22.6 Å². The summed E-state index contributed by atoms with van der Waals surface area (Å²) in [6.45, 7) is 1.76. The molecule has 0 aliphatic carbocycles. The molecule has 0 saturated carbocycles. The number of aromatic nitrogens is 3. The van der Waals surface area contributed by atoms with Gasteiger partial charge in [0.15, 0.2) is 5.65 Å². The molecule has 2 heterocycles. The highest BCUT2D eigenvalue weighted by Crippen LogP contribution is 2.31. The van der Waals surface area contributed by atoms with Gasteiger partial charge in [0.25, 0.3) is 0 Å². The van der Waals surface area contributed by atoms with Crippen molar-refractivity contribution in [1.29, 1.82) is 0 Å². The molecule has 0 saturated heterocycles. The first-order valence-electron chi connectivity index (χ1n) is 11.6. The number of benzene rings is 3. The smallest absolute Gasteiger partial charge is 0.246 e. The van der Waals surface area contributed by atoms with Gasteiger partial charge in [-0.2, -0.15) is 5.10 Å². The van der Waals surface area contributed by atoms with Crippen LogP contribution in [0.15, 0.2) is 94.9 Å². The number of hydrogen-bond donors (Lipinski definition) is 1. The number of pyridine rings is 1. The second kappa shape index (κ2) is 10.3. The largest absolute Gasteiger partial charge is 0.497 e. The first-order valence-corrected chi connectivity index (χ1v) is 13.5. The second-order valence-corrected chi connectivity index (χ2v) is 11.0. The van der Waals surface area contributed by atoms with Gasteiger partial charge in [-0.3, -0.25) is 4.79 Å². The van der Waals surface area contributed by atoms with E-state index in [0.717, 1.165) is 22.2 Å². The topological polar surface area (TPSA) is 103 Å². The van der Waals surface area contributed by atoms with Crippen LogP contribution in [0.25, 0.3) is 22.2 Å². The number of anilines is 1. The average Bonchev–Trinajstić information content (AvgIpc) is 3.24. The molecule has 0 aliphatic rings. The Morgan fingerprint density at radius 3 is 2.45 bits per heavy atom. The number of aryl methyl sites for hydroxylation is 1. The van der Waals surface area contributed by atoms with Crippen LogP contribution in [0.5, 0.6) is 5.75 Å². The summed E-state index contributed by atoms with van der Waals surface area (Å²) in [4.78, 5) is 17.6. The van der Waals surface area contributed by atoms with E-state index in [9.17, 15) is 13.2 Å². The van der Waals surface area contributed by atoms with E-state index >= 15 is 0 Å². The van der Waals surface area contributed by atoms with E-state index in [-0.39, 0.29) is 27.8 Å². The number of amides is 1. The molecular formula is C28H23ClN4O4S. The van der Waals surface area contributed by atoms with Crippen molar-refractivity contribution in [3.05, 3.63) is 95.8 Å². The maximum absolute atomic E-state index is 13.2. The van der Waals surface area contributed by atoms with Crippen molar-refractivity contribution in [3.8, 4) is 16.9 Å². The Labute approximate surface area is 224 Å². The summed E-state index contributed by atoms with van der Waals surface area (Å²) in [5, 5.41) is 8.61. The van der Waals surface area contributed by atoms with Crippen LogP contribution in [-0.4, -0.2) is 36.2 Å². The molecule has 0 radical (unpaired) electrons. The lowest BCUT2D eigenvalue weighted by Gasteiger charge is -2.12. The van der Waals surface area contributed by atoms with Gasteiger partial charge in [0, 0.05) is 28.4 Å². The van der Waals surface area contributed by atoms with Crippen LogP contribution in [0.4, 0.5) is 5.69 Å². The number of ether oxygens (including phenoxy) is 1. The van der Waals surface area contributed by atoms with E-state index in [1.54, 1.807) is 12.3 Å². The molecule has 8 nitrogen and oxygen atoms in total. The molecule has 5 rings (SSSR count). The van der Waals surface area contributed by atoms with Crippen LogP contribution >= 0.6 is 11.6 Å². The number of carbonyl (C=O) groups excluding carboxylic acids is 1. The van der Waals surface area contributed by atoms with Gasteiger partial charge in [-0.05, 0) is 60.5 Å². The van der Waals surface area contributed by atoms with E-state index in [0.29, 0.717) is 10.7 Å². The monoisotopic (exact) mass is 546 g/mol. The fourth-order valence-electron chi connectivity index (χ4n) is 4.25.